The molecule has 4 atom stereocenters. The highest BCUT2D eigenvalue weighted by molar-refractivity contribution is 7.91. The van der Waals surface area contributed by atoms with E-state index >= 15 is 0 Å². The van der Waals surface area contributed by atoms with Gasteiger partial charge < -0.3 is 5.73 Å². The van der Waals surface area contributed by atoms with E-state index in [0.29, 0.717) is 6.42 Å². The SMILES string of the molecule is CC1C[C@H](NC(c2ccc(-c3ccc(S(C)(=O)=O)cc3)cc2)c2ccc(S(C)(=O)=O)cc2)C(=O)C1(N)CC#N. The summed E-state index contributed by atoms with van der Waals surface area (Å²) in [5, 5.41) is 12.7. The molecule has 3 aromatic rings. The largest absolute Gasteiger partial charge is 0.318 e. The zero-order chi connectivity index (χ0) is 28.6. The molecule has 1 aliphatic rings. The summed E-state index contributed by atoms with van der Waals surface area (Å²) in [4.78, 5) is 13.7. The Morgan fingerprint density at radius 3 is 1.72 bits per heavy atom. The molecule has 0 aromatic heterocycles. The molecule has 204 valence electrons. The Hall–Kier alpha value is -3.36. The van der Waals surface area contributed by atoms with Gasteiger partial charge in [-0.15, -0.1) is 0 Å². The summed E-state index contributed by atoms with van der Waals surface area (Å²) in [7, 11) is -6.67. The van der Waals surface area contributed by atoms with E-state index < -0.39 is 37.3 Å². The third-order valence-corrected chi connectivity index (χ3v) is 9.74. The molecule has 0 amide bonds. The van der Waals surface area contributed by atoms with Gasteiger partial charge in [0, 0.05) is 12.5 Å². The Morgan fingerprint density at radius 2 is 1.28 bits per heavy atom. The number of nitrogens with one attached hydrogen (secondary N) is 1. The van der Waals surface area contributed by atoms with Crippen molar-refractivity contribution in [3.8, 4) is 17.2 Å². The number of nitrogens with two attached hydrogens (primary N) is 1. The quantitative estimate of drug-likeness (QED) is 0.422. The number of carbonyl (C=O) groups is 1. The summed E-state index contributed by atoms with van der Waals surface area (Å²) < 4.78 is 47.5. The average Bonchev–Trinajstić information content (AvgIpc) is 3.10. The molecular formula is C29H31N3O5S2. The van der Waals surface area contributed by atoms with Gasteiger partial charge in [0.2, 0.25) is 0 Å². The van der Waals surface area contributed by atoms with Crippen LogP contribution in [0.5, 0.6) is 0 Å². The first-order valence-electron chi connectivity index (χ1n) is 12.4. The van der Waals surface area contributed by atoms with Crippen LogP contribution >= 0.6 is 0 Å². The third kappa shape index (κ3) is 5.97. The number of sulfone groups is 2. The lowest BCUT2D eigenvalue weighted by molar-refractivity contribution is -0.124. The van der Waals surface area contributed by atoms with Crippen molar-refractivity contribution in [3.05, 3.63) is 83.9 Å². The monoisotopic (exact) mass is 565 g/mol. The smallest absolute Gasteiger partial charge is 0.175 e. The number of benzene rings is 3. The Labute approximate surface area is 229 Å². The van der Waals surface area contributed by atoms with Crippen LogP contribution in [0.4, 0.5) is 0 Å². The van der Waals surface area contributed by atoms with Crippen molar-refractivity contribution >= 4 is 25.5 Å². The number of nitriles is 1. The number of rotatable bonds is 8. The molecule has 39 heavy (non-hydrogen) atoms. The van der Waals surface area contributed by atoms with Gasteiger partial charge in [0.05, 0.1) is 39.9 Å². The summed E-state index contributed by atoms with van der Waals surface area (Å²) >= 11 is 0. The standard InChI is InChI=1S/C29H31N3O5S2/c1-19-18-26(28(33)29(19,31)16-17-30)32-27(23-10-14-25(15-11-23)39(3,36)37)22-6-4-20(5-7-22)21-8-12-24(13-9-21)38(2,34)35/h4-15,19,26-27,32H,16,18,31H2,1-3H3/t19?,26-,27?,29?/m0/s1. The molecule has 0 heterocycles. The first-order chi connectivity index (χ1) is 18.2. The highest BCUT2D eigenvalue weighted by atomic mass is 32.2. The normalized spacial score (nSPS) is 22.4. The Morgan fingerprint density at radius 1 is 0.872 bits per heavy atom. The molecule has 3 N–H and O–H groups in total. The fraction of sp³-hybridized carbons (Fsp3) is 0.310. The van der Waals surface area contributed by atoms with E-state index in [1.54, 1.807) is 48.5 Å². The summed E-state index contributed by atoms with van der Waals surface area (Å²) in [5.74, 6) is -0.399. The summed E-state index contributed by atoms with van der Waals surface area (Å²) in [5.41, 5.74) is 8.49. The minimum atomic E-state index is -3.38. The van der Waals surface area contributed by atoms with Gasteiger partial charge in [0.15, 0.2) is 25.5 Å². The summed E-state index contributed by atoms with van der Waals surface area (Å²) in [6.45, 7) is 1.87. The molecule has 3 unspecified atom stereocenters. The number of hydrogen-bond donors (Lipinski definition) is 2. The van der Waals surface area contributed by atoms with Crippen molar-refractivity contribution in [2.45, 2.75) is 47.2 Å². The lowest BCUT2D eigenvalue weighted by atomic mass is 9.86. The molecule has 1 aliphatic carbocycles. The highest BCUT2D eigenvalue weighted by Gasteiger charge is 2.50. The van der Waals surface area contributed by atoms with Crippen LogP contribution < -0.4 is 11.1 Å². The molecule has 8 nitrogen and oxygen atoms in total. The van der Waals surface area contributed by atoms with Gasteiger partial charge >= 0.3 is 0 Å². The van der Waals surface area contributed by atoms with Crippen molar-refractivity contribution in [2.24, 2.45) is 11.7 Å². The van der Waals surface area contributed by atoms with Crippen LogP contribution in [0.1, 0.15) is 36.9 Å². The number of hydrogen-bond acceptors (Lipinski definition) is 8. The molecule has 4 rings (SSSR count). The second-order valence-corrected chi connectivity index (χ2v) is 14.3. The topological polar surface area (TPSA) is 147 Å². The van der Waals surface area contributed by atoms with Crippen LogP contribution in [0, 0.1) is 17.2 Å². The summed E-state index contributed by atoms with van der Waals surface area (Å²) in [6.07, 6.45) is 2.72. The number of carbonyl (C=O) groups excluding carboxylic acids is 1. The van der Waals surface area contributed by atoms with Gasteiger partial charge in [0.25, 0.3) is 0 Å². The van der Waals surface area contributed by atoms with Crippen LogP contribution in [0.25, 0.3) is 11.1 Å². The molecule has 0 aliphatic heterocycles. The van der Waals surface area contributed by atoms with Crippen LogP contribution in [0.15, 0.2) is 82.6 Å². The Balaban J connectivity index is 1.68. The molecule has 10 heteroatoms. The maximum Gasteiger partial charge on any atom is 0.175 e. The van der Waals surface area contributed by atoms with Gasteiger partial charge in [-0.1, -0.05) is 55.5 Å². The van der Waals surface area contributed by atoms with E-state index in [0.717, 1.165) is 34.8 Å². The lowest BCUT2D eigenvalue weighted by Gasteiger charge is -2.26. The van der Waals surface area contributed by atoms with E-state index in [1.165, 1.54) is 0 Å². The molecule has 0 bridgehead atoms. The molecular weight excluding hydrogens is 534 g/mol. The van der Waals surface area contributed by atoms with Crippen molar-refractivity contribution in [1.82, 2.24) is 5.32 Å². The van der Waals surface area contributed by atoms with Crippen molar-refractivity contribution in [1.29, 1.82) is 5.26 Å². The fourth-order valence-corrected chi connectivity index (χ4v) is 6.29. The van der Waals surface area contributed by atoms with Crippen LogP contribution in [-0.4, -0.2) is 46.7 Å². The minimum absolute atomic E-state index is 0.0638. The van der Waals surface area contributed by atoms with Gasteiger partial charge in [-0.3, -0.25) is 10.1 Å². The van der Waals surface area contributed by atoms with E-state index in [-0.39, 0.29) is 27.9 Å². The Kier molecular flexibility index (Phi) is 7.83. The zero-order valence-electron chi connectivity index (χ0n) is 22.0. The second kappa shape index (κ2) is 10.7. The van der Waals surface area contributed by atoms with E-state index in [9.17, 15) is 26.9 Å². The first-order valence-corrected chi connectivity index (χ1v) is 16.2. The minimum Gasteiger partial charge on any atom is -0.318 e. The van der Waals surface area contributed by atoms with E-state index in [2.05, 4.69) is 5.32 Å². The number of nitrogens with zero attached hydrogens (tertiary/aromatic N) is 1. The van der Waals surface area contributed by atoms with Gasteiger partial charge in [0.1, 0.15) is 0 Å². The van der Waals surface area contributed by atoms with Crippen LogP contribution in [0.3, 0.4) is 0 Å². The van der Waals surface area contributed by atoms with Crippen molar-refractivity contribution in [3.63, 3.8) is 0 Å². The van der Waals surface area contributed by atoms with Gasteiger partial charge in [-0.2, -0.15) is 5.26 Å². The van der Waals surface area contributed by atoms with Crippen molar-refractivity contribution in [2.75, 3.05) is 12.5 Å². The average molecular weight is 566 g/mol. The zero-order valence-corrected chi connectivity index (χ0v) is 23.6. The maximum absolute atomic E-state index is 13.3. The number of ketones is 1. The molecule has 1 fully saturated rings. The third-order valence-electron chi connectivity index (χ3n) is 7.48. The molecule has 0 radical (unpaired) electrons. The van der Waals surface area contributed by atoms with E-state index in [1.807, 2.05) is 37.3 Å². The van der Waals surface area contributed by atoms with Crippen LogP contribution in [-0.2, 0) is 24.5 Å². The van der Waals surface area contributed by atoms with Gasteiger partial charge in [-0.25, -0.2) is 16.8 Å². The second-order valence-electron chi connectivity index (χ2n) is 10.3. The fourth-order valence-electron chi connectivity index (χ4n) is 5.03. The Bertz CT molecular complexity index is 1630. The molecule has 0 saturated heterocycles. The molecule has 3 aromatic carbocycles. The van der Waals surface area contributed by atoms with Crippen molar-refractivity contribution < 1.29 is 21.6 Å². The molecule has 0 spiro atoms. The predicted molar refractivity (Wildman–Crippen MR) is 149 cm³/mol. The first kappa shape index (κ1) is 28.6. The maximum atomic E-state index is 13.3. The highest BCUT2D eigenvalue weighted by Crippen LogP contribution is 2.36. The molecule has 1 saturated carbocycles. The predicted octanol–water partition coefficient (Wildman–Crippen LogP) is 3.43. The number of Topliss-reactive ketones (excluding diaryl/α,β-unsaturated/α-hetero) is 1. The van der Waals surface area contributed by atoms with Crippen LogP contribution in [0.2, 0.25) is 0 Å². The van der Waals surface area contributed by atoms with E-state index in [4.69, 9.17) is 5.73 Å². The summed E-state index contributed by atoms with van der Waals surface area (Å²) in [6, 6.07) is 21.8. The lowest BCUT2D eigenvalue weighted by Crippen LogP contribution is -2.52. The van der Waals surface area contributed by atoms with Gasteiger partial charge in [-0.05, 0) is 58.9 Å².